The summed E-state index contributed by atoms with van der Waals surface area (Å²) in [6.07, 6.45) is 4.87. The van der Waals surface area contributed by atoms with Crippen molar-refractivity contribution in [2.75, 3.05) is 0 Å². The SMILES string of the molecule is O[C@H]1C[C@@H](c2ccncc2)N[C@@H](c2ccccc2)C1. The highest BCUT2D eigenvalue weighted by Gasteiger charge is 2.28. The van der Waals surface area contributed by atoms with Crippen LogP contribution in [0.4, 0.5) is 0 Å². The first-order valence-corrected chi connectivity index (χ1v) is 6.72. The fourth-order valence-corrected chi connectivity index (χ4v) is 2.77. The van der Waals surface area contributed by atoms with Crippen LogP contribution in [0.3, 0.4) is 0 Å². The Balaban J connectivity index is 1.82. The third kappa shape index (κ3) is 2.83. The number of hydrogen-bond donors (Lipinski definition) is 2. The lowest BCUT2D eigenvalue weighted by molar-refractivity contribution is 0.0933. The van der Waals surface area contributed by atoms with E-state index in [2.05, 4.69) is 22.4 Å². The Morgan fingerprint density at radius 1 is 0.895 bits per heavy atom. The molecule has 98 valence electrons. The van der Waals surface area contributed by atoms with Gasteiger partial charge in [0.05, 0.1) is 6.10 Å². The summed E-state index contributed by atoms with van der Waals surface area (Å²) < 4.78 is 0. The van der Waals surface area contributed by atoms with Crippen molar-refractivity contribution in [1.82, 2.24) is 10.3 Å². The van der Waals surface area contributed by atoms with Crippen LogP contribution in [0.1, 0.15) is 36.1 Å². The second-order valence-corrected chi connectivity index (χ2v) is 5.09. The third-order valence-corrected chi connectivity index (χ3v) is 3.73. The number of nitrogens with one attached hydrogen (secondary N) is 1. The maximum atomic E-state index is 10.1. The van der Waals surface area contributed by atoms with Crippen LogP contribution in [0.2, 0.25) is 0 Å². The number of aliphatic hydroxyl groups excluding tert-OH is 1. The summed E-state index contributed by atoms with van der Waals surface area (Å²) in [6.45, 7) is 0. The van der Waals surface area contributed by atoms with E-state index in [0.29, 0.717) is 0 Å². The number of hydrogen-bond acceptors (Lipinski definition) is 3. The van der Waals surface area contributed by atoms with Gasteiger partial charge in [-0.2, -0.15) is 0 Å². The van der Waals surface area contributed by atoms with E-state index in [0.717, 1.165) is 12.8 Å². The van der Waals surface area contributed by atoms with Crippen LogP contribution in [-0.2, 0) is 0 Å². The van der Waals surface area contributed by atoms with Gasteiger partial charge in [-0.3, -0.25) is 4.98 Å². The number of rotatable bonds is 2. The van der Waals surface area contributed by atoms with Gasteiger partial charge in [0.15, 0.2) is 0 Å². The van der Waals surface area contributed by atoms with Gasteiger partial charge >= 0.3 is 0 Å². The fraction of sp³-hybridized carbons (Fsp3) is 0.312. The van der Waals surface area contributed by atoms with E-state index in [1.54, 1.807) is 12.4 Å². The zero-order valence-corrected chi connectivity index (χ0v) is 10.7. The standard InChI is InChI=1S/C16H18N2O/c19-14-10-15(12-4-2-1-3-5-12)18-16(11-14)13-6-8-17-9-7-13/h1-9,14-16,18-19H,10-11H2/t14-,15-,16+/m1/s1. The van der Waals surface area contributed by atoms with Crippen LogP contribution >= 0.6 is 0 Å². The van der Waals surface area contributed by atoms with Gasteiger partial charge in [0.2, 0.25) is 0 Å². The molecule has 3 heteroatoms. The summed E-state index contributed by atoms with van der Waals surface area (Å²) in [5.41, 5.74) is 2.43. The molecule has 3 atom stereocenters. The Bertz CT molecular complexity index is 467. The molecule has 1 aliphatic rings. The normalized spacial score (nSPS) is 27.1. The van der Waals surface area contributed by atoms with Crippen LogP contribution in [0.15, 0.2) is 54.9 Å². The van der Waals surface area contributed by atoms with Crippen molar-refractivity contribution in [2.24, 2.45) is 0 Å². The maximum Gasteiger partial charge on any atom is 0.0576 e. The smallest absolute Gasteiger partial charge is 0.0576 e. The van der Waals surface area contributed by atoms with E-state index in [9.17, 15) is 5.11 Å². The minimum absolute atomic E-state index is 0.192. The third-order valence-electron chi connectivity index (χ3n) is 3.73. The highest BCUT2D eigenvalue weighted by Crippen LogP contribution is 2.32. The van der Waals surface area contributed by atoms with E-state index < -0.39 is 0 Å². The molecule has 3 nitrogen and oxygen atoms in total. The number of pyridine rings is 1. The molecule has 1 saturated heterocycles. The van der Waals surface area contributed by atoms with Crippen LogP contribution < -0.4 is 5.32 Å². The molecule has 0 radical (unpaired) electrons. The fourth-order valence-electron chi connectivity index (χ4n) is 2.77. The molecule has 3 rings (SSSR count). The Morgan fingerprint density at radius 3 is 2.11 bits per heavy atom. The molecule has 0 amide bonds. The molecule has 2 heterocycles. The van der Waals surface area contributed by atoms with Crippen molar-refractivity contribution in [3.63, 3.8) is 0 Å². The molecule has 1 aromatic heterocycles. The predicted octanol–water partition coefficient (Wildman–Crippen LogP) is 2.61. The largest absolute Gasteiger partial charge is 0.393 e. The van der Waals surface area contributed by atoms with E-state index in [-0.39, 0.29) is 18.2 Å². The first kappa shape index (κ1) is 12.3. The summed E-state index contributed by atoms with van der Waals surface area (Å²) in [4.78, 5) is 4.05. The number of benzene rings is 1. The van der Waals surface area contributed by atoms with Gasteiger partial charge in [-0.1, -0.05) is 30.3 Å². The van der Waals surface area contributed by atoms with Crippen LogP contribution in [-0.4, -0.2) is 16.2 Å². The number of aromatic nitrogens is 1. The van der Waals surface area contributed by atoms with Crippen LogP contribution in [0, 0.1) is 0 Å². The van der Waals surface area contributed by atoms with Gasteiger partial charge in [-0.05, 0) is 36.1 Å². The van der Waals surface area contributed by atoms with Crippen molar-refractivity contribution >= 4 is 0 Å². The molecule has 1 aliphatic heterocycles. The Kier molecular flexibility index (Phi) is 3.58. The maximum absolute atomic E-state index is 10.1. The van der Waals surface area contributed by atoms with Gasteiger partial charge < -0.3 is 10.4 Å². The molecule has 0 saturated carbocycles. The second kappa shape index (κ2) is 5.51. The summed E-state index contributed by atoms with van der Waals surface area (Å²) in [6, 6.07) is 14.7. The Hall–Kier alpha value is -1.71. The summed E-state index contributed by atoms with van der Waals surface area (Å²) >= 11 is 0. The monoisotopic (exact) mass is 254 g/mol. The van der Waals surface area contributed by atoms with Crippen molar-refractivity contribution in [3.8, 4) is 0 Å². The molecular weight excluding hydrogens is 236 g/mol. The van der Waals surface area contributed by atoms with E-state index >= 15 is 0 Å². The summed E-state index contributed by atoms with van der Waals surface area (Å²) in [5, 5.41) is 13.7. The average molecular weight is 254 g/mol. The predicted molar refractivity (Wildman–Crippen MR) is 74.5 cm³/mol. The zero-order chi connectivity index (χ0) is 13.1. The topological polar surface area (TPSA) is 45.2 Å². The van der Waals surface area contributed by atoms with Gasteiger partial charge in [0.1, 0.15) is 0 Å². The van der Waals surface area contributed by atoms with Gasteiger partial charge in [-0.15, -0.1) is 0 Å². The first-order valence-electron chi connectivity index (χ1n) is 6.72. The molecule has 19 heavy (non-hydrogen) atoms. The van der Waals surface area contributed by atoms with Crippen molar-refractivity contribution in [1.29, 1.82) is 0 Å². The number of aliphatic hydroxyl groups is 1. The lowest BCUT2D eigenvalue weighted by Gasteiger charge is -2.34. The zero-order valence-electron chi connectivity index (χ0n) is 10.7. The molecule has 0 aliphatic carbocycles. The molecule has 2 aromatic rings. The minimum Gasteiger partial charge on any atom is -0.393 e. The number of nitrogens with zero attached hydrogens (tertiary/aromatic N) is 1. The van der Waals surface area contributed by atoms with Gasteiger partial charge in [0.25, 0.3) is 0 Å². The van der Waals surface area contributed by atoms with E-state index in [1.807, 2.05) is 30.3 Å². The molecule has 0 unspecified atom stereocenters. The van der Waals surface area contributed by atoms with Crippen LogP contribution in [0.5, 0.6) is 0 Å². The minimum atomic E-state index is -0.260. The highest BCUT2D eigenvalue weighted by atomic mass is 16.3. The van der Waals surface area contributed by atoms with E-state index in [4.69, 9.17) is 0 Å². The molecule has 0 bridgehead atoms. The van der Waals surface area contributed by atoms with E-state index in [1.165, 1.54) is 11.1 Å². The van der Waals surface area contributed by atoms with Crippen molar-refractivity contribution < 1.29 is 5.11 Å². The lowest BCUT2D eigenvalue weighted by atomic mass is 9.89. The highest BCUT2D eigenvalue weighted by molar-refractivity contribution is 5.23. The molecular formula is C16H18N2O. The van der Waals surface area contributed by atoms with Gasteiger partial charge in [-0.25, -0.2) is 0 Å². The second-order valence-electron chi connectivity index (χ2n) is 5.09. The molecule has 1 fully saturated rings. The Morgan fingerprint density at radius 2 is 1.47 bits per heavy atom. The summed E-state index contributed by atoms with van der Waals surface area (Å²) in [5.74, 6) is 0. The lowest BCUT2D eigenvalue weighted by Crippen LogP contribution is -2.37. The van der Waals surface area contributed by atoms with Crippen LogP contribution in [0.25, 0.3) is 0 Å². The van der Waals surface area contributed by atoms with Crippen molar-refractivity contribution in [3.05, 3.63) is 66.0 Å². The summed E-state index contributed by atoms with van der Waals surface area (Å²) in [7, 11) is 0. The molecule has 0 spiro atoms. The van der Waals surface area contributed by atoms with Crippen molar-refractivity contribution in [2.45, 2.75) is 31.0 Å². The molecule has 2 N–H and O–H groups in total. The Labute approximate surface area is 113 Å². The average Bonchev–Trinajstić information content (AvgIpc) is 2.48. The number of piperidine rings is 1. The molecule has 1 aromatic carbocycles. The quantitative estimate of drug-likeness (QED) is 0.866. The van der Waals surface area contributed by atoms with Gasteiger partial charge in [0, 0.05) is 24.5 Å². The first-order chi connectivity index (χ1) is 9.33.